The van der Waals surface area contributed by atoms with E-state index in [1.807, 2.05) is 7.05 Å². The fourth-order valence-electron chi connectivity index (χ4n) is 2.69. The van der Waals surface area contributed by atoms with E-state index in [2.05, 4.69) is 71.9 Å². The third kappa shape index (κ3) is 3.50. The Morgan fingerprint density at radius 1 is 0.950 bits per heavy atom. The minimum Gasteiger partial charge on any atom is -0.316 e. The SMILES string of the molecule is C#CCCC(NC)C(c1ccccc1)c1ccccc1. The van der Waals surface area contributed by atoms with Crippen LogP contribution in [0.2, 0.25) is 0 Å². The number of terminal acetylenes is 1. The molecule has 1 nitrogen and oxygen atoms in total. The van der Waals surface area contributed by atoms with Crippen LogP contribution in [0.5, 0.6) is 0 Å². The molecule has 1 atom stereocenters. The summed E-state index contributed by atoms with van der Waals surface area (Å²) in [5.74, 6) is 3.08. The Kier molecular flexibility index (Phi) is 5.41. The lowest BCUT2D eigenvalue weighted by Gasteiger charge is -2.27. The average Bonchev–Trinajstić information content (AvgIpc) is 2.53. The molecule has 0 heterocycles. The van der Waals surface area contributed by atoms with Gasteiger partial charge in [0.2, 0.25) is 0 Å². The maximum atomic E-state index is 5.43. The van der Waals surface area contributed by atoms with Crippen molar-refractivity contribution in [3.8, 4) is 12.3 Å². The van der Waals surface area contributed by atoms with Crippen LogP contribution in [0.4, 0.5) is 0 Å². The molecule has 2 aromatic carbocycles. The van der Waals surface area contributed by atoms with Gasteiger partial charge in [0.15, 0.2) is 0 Å². The van der Waals surface area contributed by atoms with Gasteiger partial charge in [-0.25, -0.2) is 0 Å². The van der Waals surface area contributed by atoms with Crippen molar-refractivity contribution in [2.75, 3.05) is 7.05 Å². The number of likely N-dealkylation sites (N-methyl/N-ethyl adjacent to an activating group) is 1. The van der Waals surface area contributed by atoms with E-state index in [1.54, 1.807) is 0 Å². The number of benzene rings is 2. The molecule has 1 N–H and O–H groups in total. The van der Waals surface area contributed by atoms with Crippen LogP contribution < -0.4 is 5.32 Å². The average molecular weight is 263 g/mol. The maximum Gasteiger partial charge on any atom is 0.0243 e. The molecule has 2 aromatic rings. The fraction of sp³-hybridized carbons (Fsp3) is 0.263. The highest BCUT2D eigenvalue weighted by Crippen LogP contribution is 2.29. The highest BCUT2D eigenvalue weighted by atomic mass is 14.9. The molecule has 0 fully saturated rings. The van der Waals surface area contributed by atoms with Gasteiger partial charge in [-0.15, -0.1) is 12.3 Å². The monoisotopic (exact) mass is 263 g/mol. The van der Waals surface area contributed by atoms with Crippen molar-refractivity contribution in [2.45, 2.75) is 24.8 Å². The lowest BCUT2D eigenvalue weighted by Crippen LogP contribution is -2.32. The second-order valence-corrected chi connectivity index (χ2v) is 4.94. The summed E-state index contributed by atoms with van der Waals surface area (Å²) in [6.07, 6.45) is 7.20. The standard InChI is InChI=1S/C19H21N/c1-3-4-15-18(20-2)19(16-11-7-5-8-12-16)17-13-9-6-10-14-17/h1,5-14,18-20H,4,15H2,2H3. The zero-order valence-electron chi connectivity index (χ0n) is 11.9. The van der Waals surface area contributed by atoms with Gasteiger partial charge in [0.25, 0.3) is 0 Å². The van der Waals surface area contributed by atoms with Crippen molar-refractivity contribution in [3.63, 3.8) is 0 Å². The molecule has 1 unspecified atom stereocenters. The molecular formula is C19H21N. The second-order valence-electron chi connectivity index (χ2n) is 4.94. The van der Waals surface area contributed by atoms with Gasteiger partial charge in [-0.3, -0.25) is 0 Å². The summed E-state index contributed by atoms with van der Waals surface area (Å²) in [6, 6.07) is 21.6. The van der Waals surface area contributed by atoms with Crippen LogP contribution in [-0.2, 0) is 0 Å². The molecule has 2 rings (SSSR count). The predicted octanol–water partition coefficient (Wildman–Crippen LogP) is 3.82. The molecular weight excluding hydrogens is 242 g/mol. The summed E-state index contributed by atoms with van der Waals surface area (Å²) in [7, 11) is 2.01. The first kappa shape index (κ1) is 14.4. The van der Waals surface area contributed by atoms with Gasteiger partial charge in [-0.2, -0.15) is 0 Å². The van der Waals surface area contributed by atoms with Gasteiger partial charge in [0.1, 0.15) is 0 Å². The topological polar surface area (TPSA) is 12.0 Å². The van der Waals surface area contributed by atoms with Crippen molar-refractivity contribution in [3.05, 3.63) is 71.8 Å². The lowest BCUT2D eigenvalue weighted by atomic mass is 9.83. The molecule has 0 aliphatic carbocycles. The van der Waals surface area contributed by atoms with Gasteiger partial charge in [0.05, 0.1) is 0 Å². The minimum atomic E-state index is 0.329. The second kappa shape index (κ2) is 7.53. The smallest absolute Gasteiger partial charge is 0.0243 e. The normalized spacial score (nSPS) is 12.1. The lowest BCUT2D eigenvalue weighted by molar-refractivity contribution is 0.479. The third-order valence-corrected chi connectivity index (χ3v) is 3.69. The van der Waals surface area contributed by atoms with Crippen molar-refractivity contribution in [1.29, 1.82) is 0 Å². The first-order valence-corrected chi connectivity index (χ1v) is 7.07. The van der Waals surface area contributed by atoms with E-state index in [4.69, 9.17) is 6.42 Å². The molecule has 102 valence electrons. The molecule has 0 aromatic heterocycles. The highest BCUT2D eigenvalue weighted by molar-refractivity contribution is 5.34. The van der Waals surface area contributed by atoms with Crippen molar-refractivity contribution in [2.24, 2.45) is 0 Å². The third-order valence-electron chi connectivity index (χ3n) is 3.69. The Morgan fingerprint density at radius 2 is 1.45 bits per heavy atom. The van der Waals surface area contributed by atoms with Gasteiger partial charge < -0.3 is 5.32 Å². The Bertz CT molecular complexity index is 499. The van der Waals surface area contributed by atoms with E-state index in [0.717, 1.165) is 12.8 Å². The van der Waals surface area contributed by atoms with Crippen LogP contribution in [-0.4, -0.2) is 13.1 Å². The molecule has 0 bridgehead atoms. The van der Waals surface area contributed by atoms with Crippen molar-refractivity contribution in [1.82, 2.24) is 5.32 Å². The molecule has 0 spiro atoms. The van der Waals surface area contributed by atoms with Crippen molar-refractivity contribution >= 4 is 0 Å². The van der Waals surface area contributed by atoms with Gasteiger partial charge >= 0.3 is 0 Å². The molecule has 1 heteroatoms. The zero-order valence-corrected chi connectivity index (χ0v) is 11.9. The van der Waals surface area contributed by atoms with Gasteiger partial charge in [-0.1, -0.05) is 60.7 Å². The molecule has 0 radical (unpaired) electrons. The minimum absolute atomic E-state index is 0.329. The summed E-state index contributed by atoms with van der Waals surface area (Å²) in [5.41, 5.74) is 2.66. The number of nitrogens with one attached hydrogen (secondary N) is 1. The van der Waals surface area contributed by atoms with Crippen LogP contribution in [0.3, 0.4) is 0 Å². The number of rotatable bonds is 6. The van der Waals surface area contributed by atoms with Gasteiger partial charge in [0, 0.05) is 18.4 Å². The molecule has 0 saturated carbocycles. The van der Waals surface area contributed by atoms with E-state index in [1.165, 1.54) is 11.1 Å². The van der Waals surface area contributed by atoms with E-state index >= 15 is 0 Å². The molecule has 20 heavy (non-hydrogen) atoms. The molecule has 0 aliphatic heterocycles. The van der Waals surface area contributed by atoms with E-state index in [0.29, 0.717) is 12.0 Å². The van der Waals surface area contributed by atoms with E-state index in [9.17, 15) is 0 Å². The molecule has 0 amide bonds. The highest BCUT2D eigenvalue weighted by Gasteiger charge is 2.22. The largest absolute Gasteiger partial charge is 0.316 e. The first-order valence-electron chi connectivity index (χ1n) is 7.07. The molecule has 0 saturated heterocycles. The van der Waals surface area contributed by atoms with Gasteiger partial charge in [-0.05, 0) is 24.6 Å². The summed E-state index contributed by atoms with van der Waals surface area (Å²) >= 11 is 0. The summed E-state index contributed by atoms with van der Waals surface area (Å²) in [5, 5.41) is 3.44. The Hall–Kier alpha value is -2.04. The van der Waals surface area contributed by atoms with Crippen LogP contribution in [0.25, 0.3) is 0 Å². The van der Waals surface area contributed by atoms with Crippen molar-refractivity contribution < 1.29 is 0 Å². The summed E-state index contributed by atoms with van der Waals surface area (Å²) in [6.45, 7) is 0. The van der Waals surface area contributed by atoms with Crippen LogP contribution in [0.15, 0.2) is 60.7 Å². The summed E-state index contributed by atoms with van der Waals surface area (Å²) in [4.78, 5) is 0. The van der Waals surface area contributed by atoms with Crippen LogP contribution >= 0.6 is 0 Å². The zero-order chi connectivity index (χ0) is 14.2. The predicted molar refractivity (Wildman–Crippen MR) is 85.6 cm³/mol. The fourth-order valence-corrected chi connectivity index (χ4v) is 2.69. The maximum absolute atomic E-state index is 5.43. The van der Waals surface area contributed by atoms with E-state index < -0.39 is 0 Å². The van der Waals surface area contributed by atoms with E-state index in [-0.39, 0.29) is 0 Å². The Morgan fingerprint density at radius 3 is 1.85 bits per heavy atom. The number of hydrogen-bond donors (Lipinski definition) is 1. The Balaban J connectivity index is 2.36. The molecule has 0 aliphatic rings. The summed E-state index contributed by atoms with van der Waals surface area (Å²) < 4.78 is 0. The van der Waals surface area contributed by atoms with Crippen LogP contribution in [0, 0.1) is 12.3 Å². The number of hydrogen-bond acceptors (Lipinski definition) is 1. The van der Waals surface area contributed by atoms with Crippen LogP contribution in [0.1, 0.15) is 29.9 Å². The Labute approximate surface area is 122 Å². The first-order chi connectivity index (χ1) is 9.86. The quantitative estimate of drug-likeness (QED) is 0.781.